The summed E-state index contributed by atoms with van der Waals surface area (Å²) < 4.78 is 22.6. The van der Waals surface area contributed by atoms with E-state index in [9.17, 15) is 8.42 Å². The minimum Gasteiger partial charge on any atom is -0.324 e. The Bertz CT molecular complexity index is 329. The van der Waals surface area contributed by atoms with Crippen molar-refractivity contribution < 1.29 is 8.42 Å². The van der Waals surface area contributed by atoms with E-state index in [1.165, 1.54) is 17.1 Å². The summed E-state index contributed by atoms with van der Waals surface area (Å²) in [6.45, 7) is 0. The Morgan fingerprint density at radius 1 is 1.70 bits per heavy atom. The summed E-state index contributed by atoms with van der Waals surface area (Å²) in [5.74, 6) is 0. The van der Waals surface area contributed by atoms with Gasteiger partial charge in [-0.2, -0.15) is 0 Å². The smallest absolute Gasteiger partial charge is 0.278 e. The number of aryl methyl sites for hydroxylation is 1. The molecule has 0 fully saturated rings. The predicted octanol–water partition coefficient (Wildman–Crippen LogP) is 0.348. The second-order valence-electron chi connectivity index (χ2n) is 1.78. The Morgan fingerprint density at radius 2 is 2.30 bits per heavy atom. The topological polar surface area (TPSA) is 52.0 Å². The van der Waals surface area contributed by atoms with Gasteiger partial charge in [0.05, 0.1) is 12.5 Å². The van der Waals surface area contributed by atoms with E-state index >= 15 is 0 Å². The van der Waals surface area contributed by atoms with Crippen LogP contribution in [0.5, 0.6) is 0 Å². The van der Waals surface area contributed by atoms with Gasteiger partial charge in [0, 0.05) is 17.7 Å². The quantitative estimate of drug-likeness (QED) is 0.586. The summed E-state index contributed by atoms with van der Waals surface area (Å²) in [4.78, 5) is 3.59. The van der Waals surface area contributed by atoms with Crippen LogP contribution in [0.2, 0.25) is 0 Å². The summed E-state index contributed by atoms with van der Waals surface area (Å²) >= 11 is 0. The summed E-state index contributed by atoms with van der Waals surface area (Å²) in [6, 6.07) is 0. The molecule has 0 aromatic carbocycles. The van der Waals surface area contributed by atoms with Gasteiger partial charge in [-0.15, -0.1) is 0 Å². The molecule has 0 radical (unpaired) electrons. The molecule has 0 aliphatic carbocycles. The molecule has 0 saturated carbocycles. The standard InChI is InChI=1S/C4H5ClN2O2S/c1-7-3-6-2-4(7)10(5,8)9/h2-3H,1H3. The van der Waals surface area contributed by atoms with Crippen molar-refractivity contribution in [2.45, 2.75) is 5.03 Å². The van der Waals surface area contributed by atoms with E-state index in [1.54, 1.807) is 7.05 Å². The zero-order valence-corrected chi connectivity index (χ0v) is 6.72. The molecule has 0 amide bonds. The lowest BCUT2D eigenvalue weighted by Gasteiger charge is -1.93. The van der Waals surface area contributed by atoms with Crippen molar-refractivity contribution in [2.75, 3.05) is 0 Å². The predicted molar refractivity (Wildman–Crippen MR) is 36.2 cm³/mol. The van der Waals surface area contributed by atoms with Gasteiger partial charge in [-0.3, -0.25) is 0 Å². The molecule has 6 heteroatoms. The van der Waals surface area contributed by atoms with Gasteiger partial charge in [-0.25, -0.2) is 13.4 Å². The minimum atomic E-state index is -3.62. The van der Waals surface area contributed by atoms with Crippen LogP contribution in [0.4, 0.5) is 0 Å². The molecule has 0 aliphatic heterocycles. The molecule has 0 aliphatic rings. The lowest BCUT2D eigenvalue weighted by Crippen LogP contribution is -1.97. The molecule has 0 unspecified atom stereocenters. The van der Waals surface area contributed by atoms with Crippen LogP contribution in [0.25, 0.3) is 0 Å². The van der Waals surface area contributed by atoms with Gasteiger partial charge in [0.25, 0.3) is 9.05 Å². The second kappa shape index (κ2) is 2.25. The maximum Gasteiger partial charge on any atom is 0.278 e. The molecule has 1 aromatic rings. The molecule has 10 heavy (non-hydrogen) atoms. The van der Waals surface area contributed by atoms with Gasteiger partial charge in [0.1, 0.15) is 0 Å². The molecule has 0 saturated heterocycles. The summed E-state index contributed by atoms with van der Waals surface area (Å²) in [6.07, 6.45) is 2.57. The van der Waals surface area contributed by atoms with Crippen LogP contribution in [0.15, 0.2) is 17.6 Å². The monoisotopic (exact) mass is 180 g/mol. The van der Waals surface area contributed by atoms with Gasteiger partial charge in [-0.1, -0.05) is 0 Å². The Morgan fingerprint density at radius 3 is 2.50 bits per heavy atom. The average Bonchev–Trinajstić information content (AvgIpc) is 2.11. The highest BCUT2D eigenvalue weighted by molar-refractivity contribution is 8.13. The van der Waals surface area contributed by atoms with E-state index in [2.05, 4.69) is 4.98 Å². The highest BCUT2D eigenvalue weighted by Crippen LogP contribution is 2.11. The molecule has 4 nitrogen and oxygen atoms in total. The average molecular weight is 181 g/mol. The fourth-order valence-electron chi connectivity index (χ4n) is 0.580. The van der Waals surface area contributed by atoms with Crippen LogP contribution in [0.1, 0.15) is 0 Å². The van der Waals surface area contributed by atoms with Crippen LogP contribution in [-0.4, -0.2) is 18.0 Å². The van der Waals surface area contributed by atoms with E-state index in [0.29, 0.717) is 0 Å². The van der Waals surface area contributed by atoms with Gasteiger partial charge in [0.15, 0.2) is 5.03 Å². The highest BCUT2D eigenvalue weighted by Gasteiger charge is 2.12. The van der Waals surface area contributed by atoms with E-state index in [0.717, 1.165) is 0 Å². The molecule has 0 spiro atoms. The van der Waals surface area contributed by atoms with Gasteiger partial charge in [0.2, 0.25) is 0 Å². The van der Waals surface area contributed by atoms with Crippen LogP contribution in [-0.2, 0) is 16.1 Å². The van der Waals surface area contributed by atoms with Crippen molar-refractivity contribution >= 4 is 19.7 Å². The van der Waals surface area contributed by atoms with Gasteiger partial charge in [-0.05, 0) is 0 Å². The summed E-state index contributed by atoms with van der Waals surface area (Å²) in [5, 5.41) is 0.00849. The van der Waals surface area contributed by atoms with Crippen molar-refractivity contribution in [1.82, 2.24) is 9.55 Å². The molecule has 1 aromatic heterocycles. The first kappa shape index (κ1) is 7.56. The number of rotatable bonds is 1. The zero-order valence-electron chi connectivity index (χ0n) is 5.15. The third kappa shape index (κ3) is 1.30. The normalized spacial score (nSPS) is 11.8. The molecular weight excluding hydrogens is 176 g/mol. The van der Waals surface area contributed by atoms with Crippen molar-refractivity contribution in [2.24, 2.45) is 7.05 Å². The minimum absolute atomic E-state index is 0.00849. The van der Waals surface area contributed by atoms with Crippen LogP contribution in [0, 0.1) is 0 Å². The number of aromatic nitrogens is 2. The molecular formula is C4H5ClN2O2S. The Balaban J connectivity index is 3.32. The van der Waals surface area contributed by atoms with Gasteiger partial charge >= 0.3 is 0 Å². The summed E-state index contributed by atoms with van der Waals surface area (Å²) in [7, 11) is 2.96. The first-order valence-corrected chi connectivity index (χ1v) is 4.74. The second-order valence-corrected chi connectivity index (χ2v) is 4.29. The third-order valence-corrected chi connectivity index (χ3v) is 2.39. The zero-order chi connectivity index (χ0) is 7.78. The molecule has 1 rings (SSSR count). The highest BCUT2D eigenvalue weighted by atomic mass is 35.7. The molecule has 56 valence electrons. The Labute approximate surface area is 62.9 Å². The van der Waals surface area contributed by atoms with Crippen LogP contribution < -0.4 is 0 Å². The summed E-state index contributed by atoms with van der Waals surface area (Å²) in [5.41, 5.74) is 0. The number of imidazole rings is 1. The SMILES string of the molecule is Cn1cncc1S(=O)(=O)Cl. The molecule has 0 atom stereocenters. The molecule has 0 bridgehead atoms. The molecule has 1 heterocycles. The first-order valence-electron chi connectivity index (χ1n) is 2.43. The molecule has 0 N–H and O–H groups in total. The lowest BCUT2D eigenvalue weighted by molar-refractivity contribution is 0.600. The van der Waals surface area contributed by atoms with E-state index in [-0.39, 0.29) is 5.03 Å². The van der Waals surface area contributed by atoms with Crippen molar-refractivity contribution in [3.05, 3.63) is 12.5 Å². The number of hydrogen-bond donors (Lipinski definition) is 0. The van der Waals surface area contributed by atoms with E-state index < -0.39 is 9.05 Å². The van der Waals surface area contributed by atoms with Crippen molar-refractivity contribution in [3.8, 4) is 0 Å². The van der Waals surface area contributed by atoms with Crippen molar-refractivity contribution in [1.29, 1.82) is 0 Å². The van der Waals surface area contributed by atoms with E-state index in [4.69, 9.17) is 10.7 Å². The Hall–Kier alpha value is -0.550. The maximum atomic E-state index is 10.6. The fourth-order valence-corrected chi connectivity index (χ4v) is 1.60. The first-order chi connectivity index (χ1) is 4.52. The Kier molecular flexibility index (Phi) is 1.70. The maximum absolute atomic E-state index is 10.6. The fraction of sp³-hybridized carbons (Fsp3) is 0.250. The number of hydrogen-bond acceptors (Lipinski definition) is 3. The van der Waals surface area contributed by atoms with Crippen LogP contribution >= 0.6 is 10.7 Å². The largest absolute Gasteiger partial charge is 0.324 e. The van der Waals surface area contributed by atoms with Crippen LogP contribution in [0.3, 0.4) is 0 Å². The van der Waals surface area contributed by atoms with Gasteiger partial charge < -0.3 is 4.57 Å². The third-order valence-electron chi connectivity index (χ3n) is 1.02. The van der Waals surface area contributed by atoms with Crippen molar-refractivity contribution in [3.63, 3.8) is 0 Å². The van der Waals surface area contributed by atoms with E-state index in [1.807, 2.05) is 0 Å². The lowest BCUT2D eigenvalue weighted by atomic mass is 10.9. The number of halogens is 1. The number of nitrogens with zero attached hydrogens (tertiary/aromatic N) is 2.